The van der Waals surface area contributed by atoms with E-state index in [9.17, 15) is 0 Å². The molecule has 0 saturated carbocycles. The summed E-state index contributed by atoms with van der Waals surface area (Å²) in [6.07, 6.45) is 10.7. The summed E-state index contributed by atoms with van der Waals surface area (Å²) >= 11 is 7.29. The van der Waals surface area contributed by atoms with E-state index in [1.807, 2.05) is 0 Å². The normalized spacial score (nSPS) is 18.3. The highest BCUT2D eigenvalue weighted by molar-refractivity contribution is 7.05. The molecular weight excluding hydrogens is 723 g/mol. The van der Waals surface area contributed by atoms with Crippen LogP contribution in [-0.4, -0.2) is 43.2 Å². The number of allylic oxidation sites excluding steroid dienone is 8. The van der Waals surface area contributed by atoms with Crippen molar-refractivity contribution in [3.05, 3.63) is 130 Å². The van der Waals surface area contributed by atoms with Crippen molar-refractivity contribution >= 4 is 56.4 Å². The molecule has 0 atom stereocenters. The monoisotopic (exact) mass is 770 g/mol. The van der Waals surface area contributed by atoms with Crippen molar-refractivity contribution < 1.29 is 9.31 Å². The Morgan fingerprint density at radius 1 is 0.789 bits per heavy atom. The minimum atomic E-state index is -2.72. The Balaban J connectivity index is 0.000000546. The van der Waals surface area contributed by atoms with Crippen LogP contribution >= 0.6 is 11.6 Å². The topological polar surface area (TPSA) is 111 Å². The Kier molecular flexibility index (Phi) is 11.9. The van der Waals surface area contributed by atoms with Gasteiger partial charge < -0.3 is 9.64 Å². The second-order valence-electron chi connectivity index (χ2n) is 15.9. The van der Waals surface area contributed by atoms with Crippen molar-refractivity contribution in [1.29, 1.82) is 21.0 Å². The third kappa shape index (κ3) is 7.41. The summed E-state index contributed by atoms with van der Waals surface area (Å²) < 4.78 is 8.11. The molecule has 7 nitrogen and oxygen atoms in total. The average molecular weight is 771 g/mol. The van der Waals surface area contributed by atoms with Gasteiger partial charge in [0, 0.05) is 59.6 Å². The van der Waals surface area contributed by atoms with E-state index in [1.165, 1.54) is 90.5 Å². The van der Waals surface area contributed by atoms with Gasteiger partial charge in [0.05, 0.1) is 12.0 Å². The van der Waals surface area contributed by atoms with Gasteiger partial charge in [-0.25, -0.2) is 21.0 Å². The van der Waals surface area contributed by atoms with Gasteiger partial charge in [-0.2, -0.15) is 4.58 Å². The summed E-state index contributed by atoms with van der Waals surface area (Å²) in [5.74, 6) is 5.38. The fraction of sp³-hybridized carbons (Fsp3) is 0.312. The molecule has 2 heterocycles. The Bertz CT molecular complexity index is 2520. The standard InChI is InChI=1S/C44H48ClN2O.C4BN4/c1-7-27-46-36-23-19-30-13-8-10-17-34(30)40(36)43(2,3)38(46)25-21-32-15-12-16-33(42(32)45)22-26-39-44(4,5)41-35-18-11-9-14-31(35)20-24-37(41)47(39)28-29-48-6;6-1-5(2-7,3-8)4-9/h8-11,13-14,17-26H,7,12,15-16,27-29H2,1-6H3;/q+1;-1. The van der Waals surface area contributed by atoms with Gasteiger partial charge in [-0.1, -0.05) is 99.1 Å². The third-order valence-electron chi connectivity index (χ3n) is 11.6. The molecule has 4 aromatic rings. The van der Waals surface area contributed by atoms with Crippen LogP contribution in [0, 0.1) is 44.9 Å². The summed E-state index contributed by atoms with van der Waals surface area (Å²) in [6.45, 7) is 14.2. The number of hydrogen-bond donors (Lipinski definition) is 0. The van der Waals surface area contributed by atoms with Gasteiger partial charge in [0.1, 0.15) is 6.54 Å². The largest absolute Gasteiger partial charge is 0.383 e. The minimum absolute atomic E-state index is 0.119. The first kappa shape index (κ1) is 40.8. The zero-order chi connectivity index (χ0) is 41.0. The van der Waals surface area contributed by atoms with E-state index in [0.29, 0.717) is 6.61 Å². The van der Waals surface area contributed by atoms with Crippen LogP contribution < -0.4 is 4.90 Å². The number of benzene rings is 4. The average Bonchev–Trinajstić information content (AvgIpc) is 3.58. The van der Waals surface area contributed by atoms with Crippen molar-refractivity contribution in [2.24, 2.45) is 0 Å². The van der Waals surface area contributed by atoms with Crippen LogP contribution in [0.25, 0.3) is 21.5 Å². The molecule has 0 aromatic heterocycles. The summed E-state index contributed by atoms with van der Waals surface area (Å²) in [7, 11) is 1.78. The third-order valence-corrected chi connectivity index (χ3v) is 12.1. The molecule has 0 bridgehead atoms. The highest BCUT2D eigenvalue weighted by Gasteiger charge is 2.45. The van der Waals surface area contributed by atoms with E-state index in [2.05, 4.69) is 141 Å². The first-order valence-electron chi connectivity index (χ1n) is 19.7. The predicted molar refractivity (Wildman–Crippen MR) is 233 cm³/mol. The lowest BCUT2D eigenvalue weighted by molar-refractivity contribution is -0.437. The molecule has 0 saturated heterocycles. The van der Waals surface area contributed by atoms with E-state index in [4.69, 9.17) is 37.4 Å². The number of rotatable bonds is 8. The maximum absolute atomic E-state index is 8.09. The van der Waals surface area contributed by atoms with Crippen LogP contribution in [0.5, 0.6) is 0 Å². The number of anilines is 1. The quantitative estimate of drug-likeness (QED) is 0.130. The smallest absolute Gasteiger partial charge is 0.383 e. The fourth-order valence-corrected chi connectivity index (χ4v) is 9.01. The number of halogens is 1. The summed E-state index contributed by atoms with van der Waals surface area (Å²) in [5.41, 5.74) is 10.2. The van der Waals surface area contributed by atoms with Gasteiger partial charge in [0.25, 0.3) is 0 Å². The minimum Gasteiger partial charge on any atom is -0.383 e. The van der Waals surface area contributed by atoms with Gasteiger partial charge in [0.2, 0.25) is 5.69 Å². The number of methoxy groups -OCH3 is 1. The molecule has 9 heteroatoms. The Labute approximate surface area is 342 Å². The summed E-state index contributed by atoms with van der Waals surface area (Å²) in [4.78, 5) is 2.45. The molecule has 0 amide bonds. The maximum Gasteiger partial charge on any atom is 0.383 e. The Morgan fingerprint density at radius 2 is 1.40 bits per heavy atom. The first-order chi connectivity index (χ1) is 27.4. The molecular formula is C48H48BClN6O. The molecule has 0 fully saturated rings. The molecule has 1 aliphatic carbocycles. The van der Waals surface area contributed by atoms with Crippen molar-refractivity contribution in [2.45, 2.75) is 71.1 Å². The van der Waals surface area contributed by atoms with Crippen LogP contribution in [0.2, 0.25) is 0 Å². The highest BCUT2D eigenvalue weighted by atomic mass is 35.5. The number of fused-ring (bicyclic) bond motifs is 6. The molecule has 4 aromatic carbocycles. The van der Waals surface area contributed by atoms with E-state index < -0.39 is 6.15 Å². The zero-order valence-corrected chi connectivity index (χ0v) is 34.5. The van der Waals surface area contributed by atoms with E-state index in [1.54, 1.807) is 7.11 Å². The van der Waals surface area contributed by atoms with E-state index >= 15 is 0 Å². The molecule has 0 unspecified atom stereocenters. The summed E-state index contributed by atoms with van der Waals surface area (Å²) in [5, 5.41) is 38.5. The zero-order valence-electron chi connectivity index (χ0n) is 33.7. The second-order valence-corrected chi connectivity index (χ2v) is 16.3. The van der Waals surface area contributed by atoms with Gasteiger partial charge in [-0.05, 0) is 89.6 Å². The van der Waals surface area contributed by atoms with Crippen molar-refractivity contribution in [2.75, 3.05) is 31.7 Å². The SMILES string of the molecule is CCC[N+]1=C(C=CC2=C(Cl)C(=CC=C3N(CCOC)c4ccc5ccccc5c4C3(C)C)CCC2)C(C)(C)c2c1ccc1ccccc21.N#C[B-](C#N)(C#N)C#N. The van der Waals surface area contributed by atoms with Gasteiger partial charge in [-0.3, -0.25) is 0 Å². The number of nitrogens with zero attached hydrogens (tertiary/aromatic N) is 6. The van der Waals surface area contributed by atoms with Crippen molar-refractivity contribution in [3.8, 4) is 23.9 Å². The maximum atomic E-state index is 8.09. The van der Waals surface area contributed by atoms with E-state index in [0.717, 1.165) is 43.8 Å². The molecule has 286 valence electrons. The van der Waals surface area contributed by atoms with Crippen LogP contribution in [0.4, 0.5) is 11.4 Å². The Morgan fingerprint density at radius 3 is 2.00 bits per heavy atom. The van der Waals surface area contributed by atoms with Crippen LogP contribution in [0.3, 0.4) is 0 Å². The molecule has 57 heavy (non-hydrogen) atoms. The van der Waals surface area contributed by atoms with E-state index in [-0.39, 0.29) is 10.8 Å². The van der Waals surface area contributed by atoms with Crippen LogP contribution in [0.15, 0.2) is 119 Å². The summed E-state index contributed by atoms with van der Waals surface area (Å²) in [6, 6.07) is 26.7. The molecule has 3 aliphatic rings. The van der Waals surface area contributed by atoms with Gasteiger partial charge in [-0.15, -0.1) is 23.9 Å². The fourth-order valence-electron chi connectivity index (χ4n) is 8.70. The lowest BCUT2D eigenvalue weighted by Gasteiger charge is -2.27. The van der Waals surface area contributed by atoms with Crippen molar-refractivity contribution in [3.63, 3.8) is 0 Å². The molecule has 0 spiro atoms. The predicted octanol–water partition coefficient (Wildman–Crippen LogP) is 11.0. The van der Waals surface area contributed by atoms with Gasteiger partial charge >= 0.3 is 6.15 Å². The Hall–Kier alpha value is -5.90. The van der Waals surface area contributed by atoms with Crippen molar-refractivity contribution in [1.82, 2.24) is 0 Å². The van der Waals surface area contributed by atoms with Crippen LogP contribution in [0.1, 0.15) is 71.4 Å². The number of ether oxygens (including phenoxy) is 1. The lowest BCUT2D eigenvalue weighted by Crippen LogP contribution is -2.29. The molecule has 0 radical (unpaired) electrons. The van der Waals surface area contributed by atoms with Gasteiger partial charge in [0.15, 0.2) is 5.71 Å². The second kappa shape index (κ2) is 16.7. The molecule has 0 N–H and O–H groups in total. The number of hydrogen-bond acceptors (Lipinski definition) is 6. The van der Waals surface area contributed by atoms with Crippen LogP contribution in [-0.2, 0) is 15.6 Å². The lowest BCUT2D eigenvalue weighted by atomic mass is 9.30. The molecule has 7 rings (SSSR count). The molecule has 2 aliphatic heterocycles. The first-order valence-corrected chi connectivity index (χ1v) is 20.1. The number of nitriles is 4. The highest BCUT2D eigenvalue weighted by Crippen LogP contribution is 2.51.